The van der Waals surface area contributed by atoms with E-state index in [-0.39, 0.29) is 5.91 Å². The minimum atomic E-state index is -1.00. The Balaban J connectivity index is 2.15. The van der Waals surface area contributed by atoms with Crippen molar-refractivity contribution < 1.29 is 14.7 Å². The zero-order valence-corrected chi connectivity index (χ0v) is 8.54. The Morgan fingerprint density at radius 3 is 2.62 bits per heavy atom. The molecule has 0 saturated heterocycles. The van der Waals surface area contributed by atoms with E-state index in [4.69, 9.17) is 5.11 Å². The molecule has 1 aromatic carbocycles. The van der Waals surface area contributed by atoms with E-state index in [1.165, 1.54) is 17.1 Å². The first-order valence-corrected chi connectivity index (χ1v) is 4.94. The number of carboxylic acid groups (broad SMARTS) is 1. The zero-order chi connectivity index (χ0) is 11.5. The van der Waals surface area contributed by atoms with Crippen molar-refractivity contribution in [3.05, 3.63) is 48.0 Å². The van der Waals surface area contributed by atoms with Crippen LogP contribution in [0, 0.1) is 0 Å². The van der Waals surface area contributed by atoms with Gasteiger partial charge in [-0.2, -0.15) is 0 Å². The maximum atomic E-state index is 11.5. The molecule has 4 nitrogen and oxygen atoms in total. The summed E-state index contributed by atoms with van der Waals surface area (Å²) in [5.74, 6) is -1.26. The lowest BCUT2D eigenvalue weighted by Crippen LogP contribution is -2.38. The van der Waals surface area contributed by atoms with Gasteiger partial charge in [0.2, 0.25) is 5.91 Å². The highest BCUT2D eigenvalue weighted by atomic mass is 16.4. The van der Waals surface area contributed by atoms with Gasteiger partial charge < -0.3 is 10.0 Å². The van der Waals surface area contributed by atoms with E-state index in [0.29, 0.717) is 6.54 Å². The first-order chi connectivity index (χ1) is 7.68. The van der Waals surface area contributed by atoms with Crippen LogP contribution < -0.4 is 0 Å². The second-order valence-corrected chi connectivity index (χ2v) is 3.59. The van der Waals surface area contributed by atoms with Crippen LogP contribution in [-0.2, 0) is 16.1 Å². The van der Waals surface area contributed by atoms with E-state index < -0.39 is 12.0 Å². The molecule has 1 heterocycles. The van der Waals surface area contributed by atoms with Gasteiger partial charge in [0.1, 0.15) is 6.04 Å². The van der Waals surface area contributed by atoms with Gasteiger partial charge in [-0.25, -0.2) is 4.79 Å². The molecule has 0 radical (unpaired) electrons. The average Bonchev–Trinajstić information content (AvgIpc) is 2.62. The summed E-state index contributed by atoms with van der Waals surface area (Å²) in [7, 11) is 0. The van der Waals surface area contributed by atoms with Crippen molar-refractivity contribution in [2.24, 2.45) is 0 Å². The van der Waals surface area contributed by atoms with Gasteiger partial charge in [0.25, 0.3) is 0 Å². The number of carboxylic acids is 1. The van der Waals surface area contributed by atoms with Crippen molar-refractivity contribution in [3.8, 4) is 0 Å². The molecule has 1 aliphatic rings. The molecule has 0 fully saturated rings. The lowest BCUT2D eigenvalue weighted by Gasteiger charge is -2.21. The van der Waals surface area contributed by atoms with Crippen molar-refractivity contribution in [2.45, 2.75) is 12.6 Å². The molecule has 0 spiro atoms. The van der Waals surface area contributed by atoms with Crippen molar-refractivity contribution >= 4 is 11.9 Å². The molecule has 1 N–H and O–H groups in total. The number of benzene rings is 1. The number of amides is 1. The number of carbonyl (C=O) groups excluding carboxylic acids is 1. The number of carbonyl (C=O) groups is 2. The Morgan fingerprint density at radius 1 is 1.31 bits per heavy atom. The van der Waals surface area contributed by atoms with E-state index in [2.05, 4.69) is 0 Å². The van der Waals surface area contributed by atoms with E-state index in [0.717, 1.165) is 5.56 Å². The Hall–Kier alpha value is -2.10. The number of rotatable bonds is 3. The van der Waals surface area contributed by atoms with Crippen LogP contribution in [-0.4, -0.2) is 27.9 Å². The van der Waals surface area contributed by atoms with Crippen molar-refractivity contribution in [1.82, 2.24) is 4.90 Å². The minimum Gasteiger partial charge on any atom is -0.479 e. The van der Waals surface area contributed by atoms with Crippen molar-refractivity contribution in [1.29, 1.82) is 0 Å². The lowest BCUT2D eigenvalue weighted by molar-refractivity contribution is -0.145. The maximum absolute atomic E-state index is 11.5. The largest absolute Gasteiger partial charge is 0.479 e. The predicted molar refractivity (Wildman–Crippen MR) is 57.6 cm³/mol. The first kappa shape index (κ1) is 10.4. The summed E-state index contributed by atoms with van der Waals surface area (Å²) in [4.78, 5) is 23.7. The van der Waals surface area contributed by atoms with Gasteiger partial charge in [-0.1, -0.05) is 30.3 Å². The number of hydrogen-bond donors (Lipinski definition) is 1. The van der Waals surface area contributed by atoms with Crippen molar-refractivity contribution in [3.63, 3.8) is 0 Å². The minimum absolute atomic E-state index is 0.253. The van der Waals surface area contributed by atoms with Gasteiger partial charge in [0.05, 0.1) is 0 Å². The third-order valence-corrected chi connectivity index (χ3v) is 2.49. The molecule has 0 unspecified atom stereocenters. The smallest absolute Gasteiger partial charge is 0.330 e. The fraction of sp³-hybridized carbons (Fsp3) is 0.167. The number of aliphatic carboxylic acids is 1. The van der Waals surface area contributed by atoms with Crippen LogP contribution in [0.5, 0.6) is 0 Å². The van der Waals surface area contributed by atoms with E-state index >= 15 is 0 Å². The highest BCUT2D eigenvalue weighted by molar-refractivity contribution is 5.96. The van der Waals surface area contributed by atoms with Gasteiger partial charge in [-0.15, -0.1) is 0 Å². The highest BCUT2D eigenvalue weighted by Gasteiger charge is 2.30. The van der Waals surface area contributed by atoms with Crippen molar-refractivity contribution in [2.75, 3.05) is 0 Å². The molecule has 0 saturated carbocycles. The van der Waals surface area contributed by atoms with Crippen LogP contribution in [0.1, 0.15) is 5.56 Å². The lowest BCUT2D eigenvalue weighted by atomic mass is 10.2. The number of hydrogen-bond acceptors (Lipinski definition) is 2. The normalized spacial score (nSPS) is 19.1. The summed E-state index contributed by atoms with van der Waals surface area (Å²) in [6.45, 7) is 0.323. The van der Waals surface area contributed by atoms with E-state index in [1.54, 1.807) is 0 Å². The summed E-state index contributed by atoms with van der Waals surface area (Å²) < 4.78 is 0. The van der Waals surface area contributed by atoms with Crippen LogP contribution in [0.4, 0.5) is 0 Å². The molecule has 0 aromatic heterocycles. The maximum Gasteiger partial charge on any atom is 0.330 e. The molecule has 82 valence electrons. The van der Waals surface area contributed by atoms with Gasteiger partial charge in [-0.05, 0) is 11.6 Å². The summed E-state index contributed by atoms with van der Waals surface area (Å²) in [5.41, 5.74) is 0.922. The molecule has 1 aromatic rings. The molecule has 1 amide bonds. The Bertz CT molecular complexity index is 439. The van der Waals surface area contributed by atoms with Gasteiger partial charge in [0.15, 0.2) is 0 Å². The van der Waals surface area contributed by atoms with Crippen LogP contribution >= 0.6 is 0 Å². The second kappa shape index (κ2) is 4.18. The fourth-order valence-corrected chi connectivity index (χ4v) is 1.68. The summed E-state index contributed by atoms with van der Waals surface area (Å²) in [6, 6.07) is 8.49. The molecule has 4 heteroatoms. The van der Waals surface area contributed by atoms with E-state index in [1.807, 2.05) is 30.3 Å². The molecule has 1 atom stereocenters. The SMILES string of the molecule is O=C(O)[C@H]1C=CC(=O)N1Cc1ccccc1. The summed E-state index contributed by atoms with van der Waals surface area (Å²) in [6.07, 6.45) is 2.72. The molecular weight excluding hydrogens is 206 g/mol. The highest BCUT2D eigenvalue weighted by Crippen LogP contribution is 2.15. The third kappa shape index (κ3) is 1.95. The second-order valence-electron chi connectivity index (χ2n) is 3.59. The average molecular weight is 217 g/mol. The third-order valence-electron chi connectivity index (χ3n) is 2.49. The molecule has 0 aliphatic carbocycles. The van der Waals surface area contributed by atoms with Gasteiger partial charge in [0, 0.05) is 12.6 Å². The van der Waals surface area contributed by atoms with E-state index in [9.17, 15) is 9.59 Å². The fourth-order valence-electron chi connectivity index (χ4n) is 1.68. The van der Waals surface area contributed by atoms with Gasteiger partial charge in [-0.3, -0.25) is 4.79 Å². The Labute approximate surface area is 92.8 Å². The summed E-state index contributed by atoms with van der Waals surface area (Å²) >= 11 is 0. The first-order valence-electron chi connectivity index (χ1n) is 4.94. The molecule has 0 bridgehead atoms. The zero-order valence-electron chi connectivity index (χ0n) is 8.54. The van der Waals surface area contributed by atoms with Crippen LogP contribution in [0.25, 0.3) is 0 Å². The molecular formula is C12H11NO3. The standard InChI is InChI=1S/C12H11NO3/c14-11-7-6-10(12(15)16)13(11)8-9-4-2-1-3-5-9/h1-7,10H,8H2,(H,15,16)/t10-/m1/s1. The molecule has 2 rings (SSSR count). The van der Waals surface area contributed by atoms with Crippen LogP contribution in [0.3, 0.4) is 0 Å². The Kier molecular flexibility index (Phi) is 2.72. The quantitative estimate of drug-likeness (QED) is 0.822. The van der Waals surface area contributed by atoms with Crippen LogP contribution in [0.15, 0.2) is 42.5 Å². The van der Waals surface area contributed by atoms with Crippen LogP contribution in [0.2, 0.25) is 0 Å². The Morgan fingerprint density at radius 2 is 2.00 bits per heavy atom. The van der Waals surface area contributed by atoms with Gasteiger partial charge >= 0.3 is 5.97 Å². The molecule has 1 aliphatic heterocycles. The monoisotopic (exact) mass is 217 g/mol. The molecule has 16 heavy (non-hydrogen) atoms. The summed E-state index contributed by atoms with van der Waals surface area (Å²) in [5, 5.41) is 8.93. The number of nitrogens with zero attached hydrogens (tertiary/aromatic N) is 1. The topological polar surface area (TPSA) is 57.6 Å². The predicted octanol–water partition coefficient (Wildman–Crippen LogP) is 1.04.